The summed E-state index contributed by atoms with van der Waals surface area (Å²) in [6.45, 7) is 10.4. The lowest BCUT2D eigenvalue weighted by molar-refractivity contribution is -0.123. The number of amides is 1. The summed E-state index contributed by atoms with van der Waals surface area (Å²) in [6, 6.07) is 0. The number of nitrogens with one attached hydrogen (secondary N) is 1. The minimum Gasteiger partial charge on any atom is -0.393 e. The van der Waals surface area contributed by atoms with Crippen molar-refractivity contribution in [3.63, 3.8) is 0 Å². The van der Waals surface area contributed by atoms with Gasteiger partial charge in [-0.15, -0.1) is 0 Å². The van der Waals surface area contributed by atoms with E-state index >= 15 is 0 Å². The van der Waals surface area contributed by atoms with Gasteiger partial charge in [0.25, 0.3) is 0 Å². The number of rotatable bonds is 9. The molecular formula is C17H35NO3. The molecular weight excluding hydrogens is 266 g/mol. The van der Waals surface area contributed by atoms with Crippen LogP contribution in [0.15, 0.2) is 12.2 Å². The van der Waals surface area contributed by atoms with E-state index in [-0.39, 0.29) is 13.8 Å². The van der Waals surface area contributed by atoms with Crippen LogP contribution in [0.4, 0.5) is 0 Å². The first-order valence-corrected chi connectivity index (χ1v) is 7.84. The van der Waals surface area contributed by atoms with E-state index in [2.05, 4.69) is 38.2 Å². The molecule has 1 amide bonds. The van der Waals surface area contributed by atoms with Gasteiger partial charge in [-0.3, -0.25) is 4.79 Å². The lowest BCUT2D eigenvalue weighted by Crippen LogP contribution is -2.30. The van der Waals surface area contributed by atoms with Crippen LogP contribution in [-0.2, 0) is 9.59 Å². The molecule has 2 N–H and O–H groups in total. The second-order valence-electron chi connectivity index (χ2n) is 5.73. The van der Waals surface area contributed by atoms with Gasteiger partial charge < -0.3 is 15.2 Å². The summed E-state index contributed by atoms with van der Waals surface area (Å²) < 4.78 is 0. The van der Waals surface area contributed by atoms with Crippen LogP contribution in [-0.4, -0.2) is 29.9 Å². The normalized spacial score (nSPS) is 13.5. The van der Waals surface area contributed by atoms with Gasteiger partial charge in [0, 0.05) is 7.97 Å². The van der Waals surface area contributed by atoms with Gasteiger partial charge in [0.05, 0.1) is 12.5 Å². The highest BCUT2D eigenvalue weighted by Gasteiger charge is 2.11. The Bertz CT molecular complexity index is 294. The van der Waals surface area contributed by atoms with Crippen molar-refractivity contribution in [3.05, 3.63) is 12.2 Å². The van der Waals surface area contributed by atoms with Crippen LogP contribution in [0.1, 0.15) is 61.7 Å². The van der Waals surface area contributed by atoms with Gasteiger partial charge in [0.1, 0.15) is 6.29 Å². The highest BCUT2D eigenvalue weighted by Crippen LogP contribution is 2.12. The van der Waals surface area contributed by atoms with Gasteiger partial charge in [0.15, 0.2) is 0 Å². The van der Waals surface area contributed by atoms with Crippen LogP contribution < -0.4 is 5.32 Å². The SMILES string of the molecule is C/C=C/C(C)CCCC(O)CC(=O)NCC(C)C.CC=O.[HH]. The maximum atomic E-state index is 11.5. The summed E-state index contributed by atoms with van der Waals surface area (Å²) in [7, 11) is 0. The van der Waals surface area contributed by atoms with Crippen LogP contribution in [0.3, 0.4) is 0 Å². The van der Waals surface area contributed by atoms with Crippen molar-refractivity contribution in [2.45, 2.75) is 66.4 Å². The Morgan fingerprint density at radius 3 is 2.29 bits per heavy atom. The zero-order valence-electron chi connectivity index (χ0n) is 14.3. The zero-order chi connectivity index (χ0) is 16.7. The number of aliphatic hydroxyl groups is 1. The molecule has 2 atom stereocenters. The van der Waals surface area contributed by atoms with Crippen LogP contribution in [0.25, 0.3) is 0 Å². The molecule has 0 aromatic rings. The summed E-state index contributed by atoms with van der Waals surface area (Å²) >= 11 is 0. The Hall–Kier alpha value is -1.16. The Morgan fingerprint density at radius 1 is 1.24 bits per heavy atom. The van der Waals surface area contributed by atoms with Gasteiger partial charge in [0.2, 0.25) is 5.91 Å². The zero-order valence-corrected chi connectivity index (χ0v) is 14.3. The standard InChI is InChI=1S/C15H29NO2.C2H4O.H2/c1-5-7-13(4)8-6-9-14(17)10-15(18)16-11-12(2)3;1-2-3;/h5,7,12-14,17H,6,8-11H2,1-4H3,(H,16,18);2H,1H3;1H/b7-5+;;. The second-order valence-corrected chi connectivity index (χ2v) is 5.73. The number of hydrogen-bond acceptors (Lipinski definition) is 3. The summed E-state index contributed by atoms with van der Waals surface area (Å²) in [5, 5.41) is 12.6. The van der Waals surface area contributed by atoms with E-state index in [9.17, 15) is 9.90 Å². The average molecular weight is 301 g/mol. The van der Waals surface area contributed by atoms with Crippen LogP contribution in [0.2, 0.25) is 0 Å². The van der Waals surface area contributed by atoms with Crippen molar-refractivity contribution >= 4 is 12.2 Å². The molecule has 4 heteroatoms. The summed E-state index contributed by atoms with van der Waals surface area (Å²) in [6.07, 6.45) is 7.43. The van der Waals surface area contributed by atoms with Gasteiger partial charge in [-0.05, 0) is 38.5 Å². The third-order valence-corrected chi connectivity index (χ3v) is 2.85. The Labute approximate surface area is 131 Å². The van der Waals surface area contributed by atoms with E-state index in [0.717, 1.165) is 19.1 Å². The number of carbonyl (C=O) groups excluding carboxylic acids is 2. The smallest absolute Gasteiger partial charge is 0.222 e. The molecule has 0 bridgehead atoms. The van der Waals surface area contributed by atoms with E-state index in [4.69, 9.17) is 4.79 Å². The Morgan fingerprint density at radius 2 is 1.81 bits per heavy atom. The minimum atomic E-state index is -0.505. The van der Waals surface area contributed by atoms with Crippen molar-refractivity contribution in [3.8, 4) is 0 Å². The van der Waals surface area contributed by atoms with E-state index in [1.807, 2.05) is 6.92 Å². The fourth-order valence-corrected chi connectivity index (χ4v) is 1.81. The molecule has 2 unspecified atom stereocenters. The summed E-state index contributed by atoms with van der Waals surface area (Å²) in [5.74, 6) is 0.961. The van der Waals surface area contributed by atoms with Gasteiger partial charge in [-0.25, -0.2) is 0 Å². The molecule has 0 aliphatic rings. The Balaban J connectivity index is -0.000000827. The molecule has 21 heavy (non-hydrogen) atoms. The largest absolute Gasteiger partial charge is 0.393 e. The molecule has 0 aliphatic carbocycles. The molecule has 0 saturated heterocycles. The first kappa shape index (κ1) is 22.1. The van der Waals surface area contributed by atoms with Crippen molar-refractivity contribution in [2.24, 2.45) is 11.8 Å². The quantitative estimate of drug-likeness (QED) is 0.507. The first-order valence-electron chi connectivity index (χ1n) is 7.84. The third kappa shape index (κ3) is 18.8. The fourth-order valence-electron chi connectivity index (χ4n) is 1.81. The van der Waals surface area contributed by atoms with Gasteiger partial charge in [-0.1, -0.05) is 39.3 Å². The molecule has 0 aromatic heterocycles. The monoisotopic (exact) mass is 301 g/mol. The lowest BCUT2D eigenvalue weighted by atomic mass is 10.0. The summed E-state index contributed by atoms with van der Waals surface area (Å²) in [5.41, 5.74) is 0. The number of allylic oxidation sites excluding steroid dienone is 2. The predicted octanol–water partition coefficient (Wildman–Crippen LogP) is 3.34. The molecule has 126 valence electrons. The van der Waals surface area contributed by atoms with Crippen LogP contribution in [0, 0.1) is 11.8 Å². The maximum Gasteiger partial charge on any atom is 0.222 e. The highest BCUT2D eigenvalue weighted by atomic mass is 16.3. The van der Waals surface area contributed by atoms with Crippen LogP contribution >= 0.6 is 0 Å². The lowest BCUT2D eigenvalue weighted by Gasteiger charge is -2.13. The first-order chi connectivity index (χ1) is 9.87. The van der Waals surface area contributed by atoms with Crippen molar-refractivity contribution in [2.75, 3.05) is 6.54 Å². The Kier molecular flexibility index (Phi) is 16.1. The number of aldehydes is 1. The van der Waals surface area contributed by atoms with E-state index in [1.54, 1.807) is 0 Å². The molecule has 0 saturated carbocycles. The molecule has 0 aliphatic heterocycles. The topological polar surface area (TPSA) is 66.4 Å². The molecule has 0 heterocycles. The van der Waals surface area contributed by atoms with E-state index in [1.165, 1.54) is 6.92 Å². The highest BCUT2D eigenvalue weighted by molar-refractivity contribution is 5.76. The van der Waals surface area contributed by atoms with Crippen LogP contribution in [0.5, 0.6) is 0 Å². The molecule has 4 nitrogen and oxygen atoms in total. The number of aliphatic hydroxyl groups excluding tert-OH is 1. The van der Waals surface area contributed by atoms with E-state index < -0.39 is 6.10 Å². The number of hydrogen-bond donors (Lipinski definition) is 2. The maximum absolute atomic E-state index is 11.5. The van der Waals surface area contributed by atoms with Crippen molar-refractivity contribution < 1.29 is 16.1 Å². The van der Waals surface area contributed by atoms with Crippen molar-refractivity contribution in [1.82, 2.24) is 5.32 Å². The molecule has 0 aromatic carbocycles. The third-order valence-electron chi connectivity index (χ3n) is 2.85. The fraction of sp³-hybridized carbons (Fsp3) is 0.765. The number of carbonyl (C=O) groups is 2. The molecule has 0 fully saturated rings. The second kappa shape index (κ2) is 15.2. The average Bonchev–Trinajstić information content (AvgIpc) is 2.37. The molecule has 0 spiro atoms. The summed E-state index contributed by atoms with van der Waals surface area (Å²) in [4.78, 5) is 20.3. The van der Waals surface area contributed by atoms with E-state index in [0.29, 0.717) is 24.8 Å². The van der Waals surface area contributed by atoms with Gasteiger partial charge >= 0.3 is 0 Å². The molecule has 0 rings (SSSR count). The predicted molar refractivity (Wildman–Crippen MR) is 90.2 cm³/mol. The van der Waals surface area contributed by atoms with Crippen molar-refractivity contribution in [1.29, 1.82) is 0 Å². The van der Waals surface area contributed by atoms with Gasteiger partial charge in [-0.2, -0.15) is 0 Å². The molecule has 0 radical (unpaired) electrons. The minimum absolute atomic E-state index is 0.